The molecule has 4 N–H and O–H groups in total. The van der Waals surface area contributed by atoms with Gasteiger partial charge < -0.3 is 15.9 Å². The van der Waals surface area contributed by atoms with Gasteiger partial charge in [0.25, 0.3) is 0 Å². The second kappa shape index (κ2) is 6.16. The summed E-state index contributed by atoms with van der Waals surface area (Å²) in [5.74, 6) is 1.83. The first kappa shape index (κ1) is 17.4. The zero-order valence-electron chi connectivity index (χ0n) is 14.9. The molecule has 3 heteroatoms. The molecule has 2 unspecified atom stereocenters. The van der Waals surface area contributed by atoms with Crippen molar-refractivity contribution in [1.29, 1.82) is 0 Å². The van der Waals surface area contributed by atoms with Gasteiger partial charge in [-0.05, 0) is 86.0 Å². The van der Waals surface area contributed by atoms with Crippen molar-refractivity contribution in [1.82, 2.24) is 0 Å². The van der Waals surface area contributed by atoms with Crippen molar-refractivity contribution in [3.63, 3.8) is 0 Å². The monoisotopic (exact) mass is 321 g/mol. The predicted octanol–water partition coefficient (Wildman–Crippen LogP) is 3.10. The standard InChI is InChI=1S/C20H35NO2/c1-13-4-5-17-16(12-22)18(7-9-19(13,17)2)20(3)8-6-15(23)10-14(20)11-21/h14-18,22-23H,1,4-12,21H2,2-3H3/t14-,15+,16+,17?,18?,19-,20+/m1/s1. The number of aliphatic hydroxyl groups excluding tert-OH is 2. The Kier molecular flexibility index (Phi) is 4.67. The van der Waals surface area contributed by atoms with Gasteiger partial charge in [0.05, 0.1) is 6.10 Å². The largest absolute Gasteiger partial charge is 0.396 e. The highest BCUT2D eigenvalue weighted by molar-refractivity contribution is 5.20. The van der Waals surface area contributed by atoms with E-state index in [1.807, 2.05) is 0 Å². The number of nitrogens with two attached hydrogens (primary N) is 1. The molecule has 23 heavy (non-hydrogen) atoms. The third-order valence-corrected chi connectivity index (χ3v) is 8.24. The van der Waals surface area contributed by atoms with Crippen LogP contribution in [0.25, 0.3) is 0 Å². The van der Waals surface area contributed by atoms with E-state index in [9.17, 15) is 10.2 Å². The molecular weight excluding hydrogens is 286 g/mol. The van der Waals surface area contributed by atoms with E-state index in [-0.39, 0.29) is 23.5 Å². The Morgan fingerprint density at radius 2 is 1.91 bits per heavy atom. The number of aliphatic hydroxyl groups is 2. The lowest BCUT2D eigenvalue weighted by Gasteiger charge is -2.56. The summed E-state index contributed by atoms with van der Waals surface area (Å²) in [6.07, 6.45) is 7.24. The van der Waals surface area contributed by atoms with Crippen molar-refractivity contribution in [3.05, 3.63) is 12.2 Å². The molecule has 0 aromatic rings. The van der Waals surface area contributed by atoms with Gasteiger partial charge in [-0.3, -0.25) is 0 Å². The third-order valence-electron chi connectivity index (χ3n) is 8.24. The summed E-state index contributed by atoms with van der Waals surface area (Å²) in [5, 5.41) is 20.3. The molecule has 7 atom stereocenters. The molecule has 3 aliphatic rings. The third kappa shape index (κ3) is 2.60. The molecule has 132 valence electrons. The summed E-state index contributed by atoms with van der Waals surface area (Å²) in [6, 6.07) is 0. The van der Waals surface area contributed by atoms with Crippen molar-refractivity contribution in [2.75, 3.05) is 13.2 Å². The Bertz CT molecular complexity index is 465. The minimum absolute atomic E-state index is 0.159. The number of allylic oxidation sites excluding steroid dienone is 1. The molecule has 0 saturated heterocycles. The van der Waals surface area contributed by atoms with Crippen LogP contribution in [0.1, 0.15) is 58.8 Å². The van der Waals surface area contributed by atoms with Gasteiger partial charge in [-0.25, -0.2) is 0 Å². The predicted molar refractivity (Wildman–Crippen MR) is 93.8 cm³/mol. The second-order valence-electron chi connectivity index (χ2n) is 9.02. The van der Waals surface area contributed by atoms with Crippen molar-refractivity contribution in [2.24, 2.45) is 40.2 Å². The number of hydrogen-bond acceptors (Lipinski definition) is 3. The Balaban J connectivity index is 1.89. The summed E-state index contributed by atoms with van der Waals surface area (Å²) < 4.78 is 0. The quantitative estimate of drug-likeness (QED) is 0.700. The van der Waals surface area contributed by atoms with Gasteiger partial charge in [0.15, 0.2) is 0 Å². The molecule has 0 spiro atoms. The smallest absolute Gasteiger partial charge is 0.0543 e. The van der Waals surface area contributed by atoms with E-state index in [1.54, 1.807) is 0 Å². The maximum absolute atomic E-state index is 10.3. The Morgan fingerprint density at radius 1 is 1.17 bits per heavy atom. The van der Waals surface area contributed by atoms with Crippen molar-refractivity contribution in [2.45, 2.75) is 64.9 Å². The second-order valence-corrected chi connectivity index (χ2v) is 9.02. The molecule has 3 nitrogen and oxygen atoms in total. The van der Waals surface area contributed by atoms with Crippen molar-refractivity contribution in [3.8, 4) is 0 Å². The summed E-state index contributed by atoms with van der Waals surface area (Å²) in [6.45, 7) is 10.0. The maximum Gasteiger partial charge on any atom is 0.0543 e. The van der Waals surface area contributed by atoms with Crippen LogP contribution in [0, 0.1) is 34.5 Å². The van der Waals surface area contributed by atoms with Crippen molar-refractivity contribution < 1.29 is 10.2 Å². The molecule has 0 aliphatic heterocycles. The van der Waals surface area contributed by atoms with Gasteiger partial charge in [0.2, 0.25) is 0 Å². The van der Waals surface area contributed by atoms with Crippen LogP contribution in [-0.2, 0) is 0 Å². The number of fused-ring (bicyclic) bond motifs is 1. The van der Waals surface area contributed by atoms with Gasteiger partial charge >= 0.3 is 0 Å². The Morgan fingerprint density at radius 3 is 2.57 bits per heavy atom. The van der Waals surface area contributed by atoms with E-state index in [0.717, 1.165) is 25.7 Å². The topological polar surface area (TPSA) is 66.5 Å². The maximum atomic E-state index is 10.3. The Labute approximate surface area is 141 Å². The fourth-order valence-electron chi connectivity index (χ4n) is 6.52. The van der Waals surface area contributed by atoms with Gasteiger partial charge in [0.1, 0.15) is 0 Å². The normalized spacial score (nSPS) is 50.8. The molecule has 3 aliphatic carbocycles. The lowest BCUT2D eigenvalue weighted by atomic mass is 9.49. The van der Waals surface area contributed by atoms with Crippen molar-refractivity contribution >= 4 is 0 Å². The molecule has 0 aromatic carbocycles. The van der Waals surface area contributed by atoms with Gasteiger partial charge in [-0.2, -0.15) is 0 Å². The lowest BCUT2D eigenvalue weighted by molar-refractivity contribution is -0.0913. The molecule has 0 bridgehead atoms. The van der Waals surface area contributed by atoms with Crippen LogP contribution in [0.15, 0.2) is 12.2 Å². The molecular formula is C20H35NO2. The van der Waals surface area contributed by atoms with E-state index in [2.05, 4.69) is 20.4 Å². The molecule has 0 radical (unpaired) electrons. The Hall–Kier alpha value is -0.380. The molecule has 0 amide bonds. The van der Waals surface area contributed by atoms with Crippen LogP contribution >= 0.6 is 0 Å². The summed E-state index contributed by atoms with van der Waals surface area (Å²) in [7, 11) is 0. The number of rotatable bonds is 3. The van der Waals surface area contributed by atoms with Crippen LogP contribution in [0.4, 0.5) is 0 Å². The van der Waals surface area contributed by atoms with Gasteiger partial charge in [0, 0.05) is 6.61 Å². The summed E-state index contributed by atoms with van der Waals surface area (Å²) >= 11 is 0. The highest BCUT2D eigenvalue weighted by Crippen LogP contribution is 2.63. The highest BCUT2D eigenvalue weighted by Gasteiger charge is 2.56. The summed E-state index contributed by atoms with van der Waals surface area (Å²) in [4.78, 5) is 0. The van der Waals surface area contributed by atoms with Gasteiger partial charge in [-0.15, -0.1) is 0 Å². The minimum Gasteiger partial charge on any atom is -0.396 e. The average molecular weight is 322 g/mol. The zero-order valence-corrected chi connectivity index (χ0v) is 14.9. The van der Waals surface area contributed by atoms with E-state index in [1.165, 1.54) is 24.8 Å². The van der Waals surface area contributed by atoms with E-state index >= 15 is 0 Å². The van der Waals surface area contributed by atoms with E-state index in [0.29, 0.717) is 30.2 Å². The minimum atomic E-state index is -0.190. The molecule has 3 saturated carbocycles. The van der Waals surface area contributed by atoms with Gasteiger partial charge in [-0.1, -0.05) is 26.0 Å². The zero-order chi connectivity index (χ0) is 16.8. The van der Waals surface area contributed by atoms with Crippen LogP contribution in [-0.4, -0.2) is 29.5 Å². The fourth-order valence-corrected chi connectivity index (χ4v) is 6.52. The first-order valence-electron chi connectivity index (χ1n) is 9.54. The lowest BCUT2D eigenvalue weighted by Crippen LogP contribution is -2.52. The van der Waals surface area contributed by atoms with Crippen LogP contribution < -0.4 is 5.73 Å². The van der Waals surface area contributed by atoms with E-state index < -0.39 is 0 Å². The van der Waals surface area contributed by atoms with E-state index in [4.69, 9.17) is 5.73 Å². The molecule has 0 heterocycles. The van der Waals surface area contributed by atoms with Crippen LogP contribution in [0.5, 0.6) is 0 Å². The first-order valence-corrected chi connectivity index (χ1v) is 9.54. The van der Waals surface area contributed by atoms with Crippen LogP contribution in [0.2, 0.25) is 0 Å². The molecule has 3 fully saturated rings. The molecule has 3 rings (SSSR count). The number of hydrogen-bond donors (Lipinski definition) is 3. The molecule has 0 aromatic heterocycles. The SMILES string of the molecule is C=C1CCC2[C@H](CO)C([C@@]3(C)CC[C@H](O)C[C@@H]3CN)CC[C@]12C. The summed E-state index contributed by atoms with van der Waals surface area (Å²) in [5.41, 5.74) is 7.89. The van der Waals surface area contributed by atoms with Crippen LogP contribution in [0.3, 0.4) is 0 Å². The average Bonchev–Trinajstić information content (AvgIpc) is 2.84. The highest BCUT2D eigenvalue weighted by atomic mass is 16.3. The fraction of sp³-hybridized carbons (Fsp3) is 0.900. The first-order chi connectivity index (χ1) is 10.9.